The molecule has 1 aromatic heterocycles. The summed E-state index contributed by atoms with van der Waals surface area (Å²) in [7, 11) is -1.91. The van der Waals surface area contributed by atoms with Crippen LogP contribution in [0.2, 0.25) is 5.02 Å². The van der Waals surface area contributed by atoms with E-state index < -0.39 is 9.84 Å². The molecule has 0 fully saturated rings. The molecule has 37 heavy (non-hydrogen) atoms. The molecule has 1 amide bonds. The van der Waals surface area contributed by atoms with Crippen LogP contribution in [-0.4, -0.2) is 32.7 Å². The van der Waals surface area contributed by atoms with Gasteiger partial charge in [-0.3, -0.25) is 4.79 Å². The van der Waals surface area contributed by atoms with E-state index in [-0.39, 0.29) is 10.8 Å². The monoisotopic (exact) mass is 548 g/mol. The van der Waals surface area contributed by atoms with Crippen LogP contribution in [0, 0.1) is 0 Å². The number of hydrogen-bond acceptors (Lipinski definition) is 6. The van der Waals surface area contributed by atoms with Gasteiger partial charge in [-0.2, -0.15) is 0 Å². The highest BCUT2D eigenvalue weighted by Gasteiger charge is 2.18. The van der Waals surface area contributed by atoms with Crippen molar-refractivity contribution in [1.82, 2.24) is 4.98 Å². The van der Waals surface area contributed by atoms with E-state index in [2.05, 4.69) is 10.3 Å². The molecule has 186 valence electrons. The molecule has 0 saturated heterocycles. The maximum absolute atomic E-state index is 13.4. The van der Waals surface area contributed by atoms with Gasteiger partial charge in [0.15, 0.2) is 9.84 Å². The van der Waals surface area contributed by atoms with Gasteiger partial charge in [-0.05, 0) is 71.8 Å². The lowest BCUT2D eigenvalue weighted by Crippen LogP contribution is -2.14. The zero-order chi connectivity index (χ0) is 26.2. The molecule has 5 rings (SSSR count). The lowest BCUT2D eigenvalue weighted by molar-refractivity contribution is 0.102. The fraction of sp³-hybridized carbons (Fsp3) is 0.0714. The van der Waals surface area contributed by atoms with Crippen molar-refractivity contribution in [2.45, 2.75) is 4.90 Å². The highest BCUT2D eigenvalue weighted by Crippen LogP contribution is 2.36. The quantitative estimate of drug-likeness (QED) is 0.248. The Kier molecular flexibility index (Phi) is 6.72. The largest absolute Gasteiger partial charge is 0.497 e. The average Bonchev–Trinajstić information content (AvgIpc) is 3.33. The fourth-order valence-electron chi connectivity index (χ4n) is 3.91. The summed E-state index contributed by atoms with van der Waals surface area (Å²) in [6, 6.07) is 24.6. The second-order valence-electron chi connectivity index (χ2n) is 8.34. The topological polar surface area (TPSA) is 85.4 Å². The molecular weight excluding hydrogens is 528 g/mol. The summed E-state index contributed by atoms with van der Waals surface area (Å²) >= 11 is 8.01. The van der Waals surface area contributed by atoms with E-state index in [0.717, 1.165) is 21.5 Å². The Morgan fingerprint density at radius 3 is 2.41 bits per heavy atom. The number of benzene rings is 4. The third kappa shape index (κ3) is 5.22. The van der Waals surface area contributed by atoms with Crippen LogP contribution in [0.1, 0.15) is 10.4 Å². The molecule has 5 aromatic rings. The molecule has 1 N–H and O–H groups in total. The number of carbonyl (C=O) groups is 1. The molecule has 9 heteroatoms. The number of rotatable bonds is 6. The van der Waals surface area contributed by atoms with Crippen molar-refractivity contribution in [1.29, 1.82) is 0 Å². The molecule has 0 aliphatic rings. The third-order valence-corrected chi connectivity index (χ3v) is 8.32. The average molecular weight is 549 g/mol. The number of carbonyl (C=O) groups excluding carboxylic acids is 1. The lowest BCUT2D eigenvalue weighted by atomic mass is 9.99. The van der Waals surface area contributed by atoms with E-state index in [0.29, 0.717) is 38.7 Å². The molecule has 0 spiro atoms. The number of methoxy groups -OCH3 is 1. The summed E-state index contributed by atoms with van der Waals surface area (Å²) in [5, 5.41) is 4.20. The summed E-state index contributed by atoms with van der Waals surface area (Å²) in [5.74, 6) is 0.265. The number of nitrogens with one attached hydrogen (secondary N) is 1. The fourth-order valence-corrected chi connectivity index (χ4v) is 5.82. The SMILES string of the molecule is COc1ccc(-c2cc(S(C)(=O)=O)ccc2C(=O)Nc2ccc(Cl)c(-c3nc4ccccc4s3)c2)cc1. The lowest BCUT2D eigenvalue weighted by Gasteiger charge is -2.13. The Balaban J connectivity index is 1.52. The molecule has 1 heterocycles. The minimum Gasteiger partial charge on any atom is -0.497 e. The second-order valence-corrected chi connectivity index (χ2v) is 11.8. The number of halogens is 1. The van der Waals surface area contributed by atoms with Gasteiger partial charge in [-0.15, -0.1) is 11.3 Å². The van der Waals surface area contributed by atoms with Gasteiger partial charge in [0.1, 0.15) is 10.8 Å². The summed E-state index contributed by atoms with van der Waals surface area (Å²) in [5.41, 5.74) is 3.63. The molecule has 0 atom stereocenters. The first-order valence-corrected chi connectivity index (χ1v) is 14.3. The third-order valence-electron chi connectivity index (χ3n) is 5.81. The van der Waals surface area contributed by atoms with Crippen LogP contribution in [0.5, 0.6) is 5.75 Å². The van der Waals surface area contributed by atoms with Crippen LogP contribution in [0.15, 0.2) is 89.8 Å². The molecule has 0 unspecified atom stereocenters. The molecule has 0 saturated carbocycles. The highest BCUT2D eigenvalue weighted by atomic mass is 35.5. The van der Waals surface area contributed by atoms with E-state index in [1.165, 1.54) is 29.5 Å². The van der Waals surface area contributed by atoms with E-state index >= 15 is 0 Å². The molecular formula is C28H21ClN2O4S2. The van der Waals surface area contributed by atoms with Crippen LogP contribution in [-0.2, 0) is 9.84 Å². The zero-order valence-corrected chi connectivity index (χ0v) is 22.2. The van der Waals surface area contributed by atoms with Crippen molar-refractivity contribution < 1.29 is 17.9 Å². The number of thiazole rings is 1. The normalized spacial score (nSPS) is 11.4. The standard InChI is InChI=1S/C28H21ClN2O4S2/c1-35-19-10-7-17(8-11-19)22-16-20(37(2,33)34)12-13-21(22)27(32)30-18-9-14-24(29)23(15-18)28-31-25-5-3-4-6-26(25)36-28/h3-16H,1-2H3,(H,30,32). The Hall–Kier alpha value is -3.72. The van der Waals surface area contributed by atoms with Crippen molar-refractivity contribution in [3.05, 3.63) is 95.5 Å². The number of nitrogens with zero attached hydrogens (tertiary/aromatic N) is 1. The number of hydrogen-bond donors (Lipinski definition) is 1. The number of ether oxygens (including phenoxy) is 1. The van der Waals surface area contributed by atoms with E-state index in [4.69, 9.17) is 16.3 Å². The van der Waals surface area contributed by atoms with Gasteiger partial charge < -0.3 is 10.1 Å². The van der Waals surface area contributed by atoms with Crippen molar-refractivity contribution in [2.75, 3.05) is 18.7 Å². The smallest absolute Gasteiger partial charge is 0.256 e. The number of para-hydroxylation sites is 1. The van der Waals surface area contributed by atoms with Crippen molar-refractivity contribution in [2.24, 2.45) is 0 Å². The van der Waals surface area contributed by atoms with Gasteiger partial charge in [-0.25, -0.2) is 13.4 Å². The Labute approximate surface area is 223 Å². The minimum absolute atomic E-state index is 0.125. The van der Waals surface area contributed by atoms with Crippen LogP contribution in [0.3, 0.4) is 0 Å². The van der Waals surface area contributed by atoms with Crippen molar-refractivity contribution in [3.63, 3.8) is 0 Å². The van der Waals surface area contributed by atoms with Gasteiger partial charge in [0.2, 0.25) is 0 Å². The van der Waals surface area contributed by atoms with Crippen molar-refractivity contribution in [3.8, 4) is 27.4 Å². The Morgan fingerprint density at radius 2 is 1.70 bits per heavy atom. The number of aromatic nitrogens is 1. The van der Waals surface area contributed by atoms with E-state index in [1.54, 1.807) is 49.6 Å². The first kappa shape index (κ1) is 25.0. The van der Waals surface area contributed by atoms with E-state index in [9.17, 15) is 13.2 Å². The molecule has 0 aliphatic carbocycles. The van der Waals surface area contributed by atoms with Crippen LogP contribution in [0.25, 0.3) is 31.9 Å². The highest BCUT2D eigenvalue weighted by molar-refractivity contribution is 7.90. The maximum atomic E-state index is 13.4. The number of anilines is 1. The molecule has 0 aliphatic heterocycles. The predicted molar refractivity (Wildman–Crippen MR) is 150 cm³/mol. The van der Waals surface area contributed by atoms with Crippen molar-refractivity contribution >= 4 is 54.6 Å². The minimum atomic E-state index is -3.48. The van der Waals surface area contributed by atoms with Gasteiger partial charge in [0, 0.05) is 23.1 Å². The van der Waals surface area contributed by atoms with Gasteiger partial charge >= 0.3 is 0 Å². The van der Waals surface area contributed by atoms with Gasteiger partial charge in [0.05, 0.1) is 27.2 Å². The van der Waals surface area contributed by atoms with Gasteiger partial charge in [-0.1, -0.05) is 35.9 Å². The first-order valence-electron chi connectivity index (χ1n) is 11.2. The number of sulfone groups is 1. The first-order chi connectivity index (χ1) is 17.7. The number of fused-ring (bicyclic) bond motifs is 1. The summed E-state index contributed by atoms with van der Waals surface area (Å²) in [6.07, 6.45) is 1.14. The van der Waals surface area contributed by atoms with Crippen LogP contribution >= 0.6 is 22.9 Å². The van der Waals surface area contributed by atoms with Crippen LogP contribution in [0.4, 0.5) is 5.69 Å². The second kappa shape index (κ2) is 9.97. The summed E-state index contributed by atoms with van der Waals surface area (Å²) in [4.78, 5) is 18.2. The summed E-state index contributed by atoms with van der Waals surface area (Å²) < 4.78 is 30.7. The Bertz CT molecular complexity index is 1710. The predicted octanol–water partition coefficient (Wildman–Crippen LogP) is 6.95. The number of amides is 1. The molecule has 0 radical (unpaired) electrons. The molecule has 0 bridgehead atoms. The Morgan fingerprint density at radius 1 is 0.946 bits per heavy atom. The van der Waals surface area contributed by atoms with E-state index in [1.807, 2.05) is 24.3 Å². The van der Waals surface area contributed by atoms with Gasteiger partial charge in [0.25, 0.3) is 5.91 Å². The maximum Gasteiger partial charge on any atom is 0.256 e. The molecule has 4 aromatic carbocycles. The molecule has 6 nitrogen and oxygen atoms in total. The van der Waals surface area contributed by atoms with Crippen LogP contribution < -0.4 is 10.1 Å². The zero-order valence-electron chi connectivity index (χ0n) is 19.9. The summed E-state index contributed by atoms with van der Waals surface area (Å²) in [6.45, 7) is 0.